The summed E-state index contributed by atoms with van der Waals surface area (Å²) in [6.45, 7) is 2.88. The van der Waals surface area contributed by atoms with Gasteiger partial charge in [0.15, 0.2) is 5.79 Å². The Balaban J connectivity index is 1.42. The van der Waals surface area contributed by atoms with Crippen LogP contribution in [0.1, 0.15) is 28.8 Å². The third-order valence-electron chi connectivity index (χ3n) is 5.05. The number of likely N-dealkylation sites (tertiary alicyclic amines) is 1. The van der Waals surface area contributed by atoms with Gasteiger partial charge in [-0.15, -0.1) is 0 Å². The van der Waals surface area contributed by atoms with Gasteiger partial charge in [-0.1, -0.05) is 35.9 Å². The minimum absolute atomic E-state index is 0.0189. The van der Waals surface area contributed by atoms with Crippen molar-refractivity contribution in [3.8, 4) is 5.75 Å². The molecular formula is C21H22ClNO4. The molecule has 2 aromatic carbocycles. The Morgan fingerprint density at radius 1 is 1.04 bits per heavy atom. The third-order valence-corrected chi connectivity index (χ3v) is 5.30. The molecule has 4 rings (SSSR count). The number of halogens is 1. The molecule has 0 saturated carbocycles. The largest absolute Gasteiger partial charge is 0.488 e. The predicted octanol–water partition coefficient (Wildman–Crippen LogP) is 3.90. The molecule has 2 aromatic rings. The van der Waals surface area contributed by atoms with Crippen LogP contribution in [0.25, 0.3) is 0 Å². The number of amides is 1. The first-order valence-electron chi connectivity index (χ1n) is 9.19. The summed E-state index contributed by atoms with van der Waals surface area (Å²) in [5.74, 6) is 0.0853. The van der Waals surface area contributed by atoms with Gasteiger partial charge < -0.3 is 19.1 Å². The summed E-state index contributed by atoms with van der Waals surface area (Å²) in [5.41, 5.74) is 1.58. The monoisotopic (exact) mass is 387 g/mol. The summed E-state index contributed by atoms with van der Waals surface area (Å²) >= 11 is 5.92. The number of rotatable bonds is 4. The molecule has 142 valence electrons. The zero-order chi connectivity index (χ0) is 18.7. The van der Waals surface area contributed by atoms with Gasteiger partial charge in [0.1, 0.15) is 12.4 Å². The van der Waals surface area contributed by atoms with Crippen LogP contribution in [0.15, 0.2) is 48.5 Å². The topological polar surface area (TPSA) is 48.0 Å². The number of hydrogen-bond donors (Lipinski definition) is 0. The van der Waals surface area contributed by atoms with E-state index in [1.165, 1.54) is 0 Å². The number of ether oxygens (including phenoxy) is 3. The molecule has 0 unspecified atom stereocenters. The first kappa shape index (κ1) is 18.3. The van der Waals surface area contributed by atoms with Gasteiger partial charge in [-0.25, -0.2) is 0 Å². The Morgan fingerprint density at radius 3 is 2.41 bits per heavy atom. The fourth-order valence-electron chi connectivity index (χ4n) is 3.52. The van der Waals surface area contributed by atoms with Crippen LogP contribution in [-0.4, -0.2) is 42.9 Å². The van der Waals surface area contributed by atoms with Crippen molar-refractivity contribution < 1.29 is 19.0 Å². The van der Waals surface area contributed by atoms with Crippen molar-refractivity contribution in [3.63, 3.8) is 0 Å². The zero-order valence-corrected chi connectivity index (χ0v) is 15.8. The summed E-state index contributed by atoms with van der Waals surface area (Å²) in [6, 6.07) is 14.9. The van der Waals surface area contributed by atoms with Crippen molar-refractivity contribution in [2.45, 2.75) is 25.2 Å². The molecule has 0 aliphatic carbocycles. The highest BCUT2D eigenvalue weighted by molar-refractivity contribution is 6.30. The number of benzene rings is 2. The summed E-state index contributed by atoms with van der Waals surface area (Å²) < 4.78 is 17.4. The molecule has 2 aliphatic rings. The predicted molar refractivity (Wildman–Crippen MR) is 102 cm³/mol. The van der Waals surface area contributed by atoms with E-state index in [2.05, 4.69) is 0 Å². The normalized spacial score (nSPS) is 18.6. The first-order chi connectivity index (χ1) is 13.2. The zero-order valence-electron chi connectivity index (χ0n) is 15.0. The lowest BCUT2D eigenvalue weighted by Gasteiger charge is -2.37. The lowest BCUT2D eigenvalue weighted by Crippen LogP contribution is -2.47. The lowest BCUT2D eigenvalue weighted by atomic mass is 10.0. The molecule has 2 heterocycles. The van der Waals surface area contributed by atoms with E-state index >= 15 is 0 Å². The average molecular weight is 388 g/mol. The quantitative estimate of drug-likeness (QED) is 0.798. The molecule has 0 atom stereocenters. The number of carbonyl (C=O) groups excluding carboxylic acids is 1. The Kier molecular flexibility index (Phi) is 5.34. The molecule has 0 radical (unpaired) electrons. The van der Waals surface area contributed by atoms with E-state index in [0.717, 1.165) is 5.56 Å². The van der Waals surface area contributed by atoms with Gasteiger partial charge in [0.2, 0.25) is 0 Å². The van der Waals surface area contributed by atoms with Crippen LogP contribution >= 0.6 is 11.6 Å². The van der Waals surface area contributed by atoms with Crippen LogP contribution in [0.3, 0.4) is 0 Å². The van der Waals surface area contributed by atoms with Gasteiger partial charge in [-0.3, -0.25) is 4.79 Å². The molecular weight excluding hydrogens is 366 g/mol. The fraction of sp³-hybridized carbons (Fsp3) is 0.381. The molecule has 2 fully saturated rings. The van der Waals surface area contributed by atoms with Crippen molar-refractivity contribution >= 4 is 17.5 Å². The third kappa shape index (κ3) is 4.10. The second-order valence-corrected chi connectivity index (χ2v) is 7.25. The second-order valence-electron chi connectivity index (χ2n) is 6.81. The van der Waals surface area contributed by atoms with Gasteiger partial charge in [-0.05, 0) is 29.8 Å². The lowest BCUT2D eigenvalue weighted by molar-refractivity contribution is -0.181. The van der Waals surface area contributed by atoms with Crippen LogP contribution in [0.5, 0.6) is 5.75 Å². The second kappa shape index (κ2) is 7.89. The van der Waals surface area contributed by atoms with Gasteiger partial charge >= 0.3 is 0 Å². The smallest absolute Gasteiger partial charge is 0.257 e. The Hall–Kier alpha value is -2.08. The molecule has 0 aromatic heterocycles. The molecule has 2 saturated heterocycles. The van der Waals surface area contributed by atoms with E-state index in [9.17, 15) is 4.79 Å². The molecule has 1 spiro atoms. The standard InChI is InChI=1S/C21H22ClNO4/c22-17-7-5-16(6-8-17)15-25-19-4-2-1-3-18(19)20(24)23-11-9-21(10-12-23)26-13-14-27-21/h1-8H,9-15H2. The summed E-state index contributed by atoms with van der Waals surface area (Å²) in [4.78, 5) is 14.9. The van der Waals surface area contributed by atoms with Crippen LogP contribution in [0.4, 0.5) is 0 Å². The first-order valence-corrected chi connectivity index (χ1v) is 9.56. The maximum absolute atomic E-state index is 13.0. The number of piperidine rings is 1. The van der Waals surface area contributed by atoms with E-state index in [1.54, 1.807) is 0 Å². The fourth-order valence-corrected chi connectivity index (χ4v) is 3.64. The van der Waals surface area contributed by atoms with Crippen LogP contribution in [0, 0.1) is 0 Å². The minimum atomic E-state index is -0.485. The average Bonchev–Trinajstić information content (AvgIpc) is 3.16. The maximum atomic E-state index is 13.0. The van der Waals surface area contributed by atoms with Crippen LogP contribution < -0.4 is 4.74 Å². The summed E-state index contributed by atoms with van der Waals surface area (Å²) in [6.07, 6.45) is 1.40. The van der Waals surface area contributed by atoms with E-state index in [1.807, 2.05) is 53.4 Å². The minimum Gasteiger partial charge on any atom is -0.488 e. The molecule has 6 heteroatoms. The number of carbonyl (C=O) groups is 1. The van der Waals surface area contributed by atoms with Gasteiger partial charge in [-0.2, -0.15) is 0 Å². The molecule has 1 amide bonds. The van der Waals surface area contributed by atoms with E-state index in [4.69, 9.17) is 25.8 Å². The van der Waals surface area contributed by atoms with Crippen molar-refractivity contribution in [2.75, 3.05) is 26.3 Å². The summed E-state index contributed by atoms with van der Waals surface area (Å²) in [5, 5.41) is 0.687. The molecule has 5 nitrogen and oxygen atoms in total. The highest BCUT2D eigenvalue weighted by Crippen LogP contribution is 2.32. The number of nitrogens with zero attached hydrogens (tertiary/aromatic N) is 1. The van der Waals surface area contributed by atoms with Gasteiger partial charge in [0.05, 0.1) is 18.8 Å². The maximum Gasteiger partial charge on any atom is 0.257 e. The number of hydrogen-bond acceptors (Lipinski definition) is 4. The van der Waals surface area contributed by atoms with Crippen molar-refractivity contribution in [1.82, 2.24) is 4.90 Å². The van der Waals surface area contributed by atoms with E-state index in [0.29, 0.717) is 62.1 Å². The summed E-state index contributed by atoms with van der Waals surface area (Å²) in [7, 11) is 0. The Labute approximate surface area is 163 Å². The van der Waals surface area contributed by atoms with Crippen LogP contribution in [-0.2, 0) is 16.1 Å². The molecule has 0 bridgehead atoms. The SMILES string of the molecule is O=C(c1ccccc1OCc1ccc(Cl)cc1)N1CCC2(CC1)OCCO2. The van der Waals surface area contributed by atoms with Gasteiger partial charge in [0.25, 0.3) is 5.91 Å². The Morgan fingerprint density at radius 2 is 1.70 bits per heavy atom. The molecule has 27 heavy (non-hydrogen) atoms. The van der Waals surface area contributed by atoms with E-state index in [-0.39, 0.29) is 5.91 Å². The number of para-hydroxylation sites is 1. The van der Waals surface area contributed by atoms with Gasteiger partial charge in [0, 0.05) is 31.0 Å². The highest BCUT2D eigenvalue weighted by Gasteiger charge is 2.41. The highest BCUT2D eigenvalue weighted by atomic mass is 35.5. The van der Waals surface area contributed by atoms with E-state index < -0.39 is 5.79 Å². The van der Waals surface area contributed by atoms with Crippen molar-refractivity contribution in [3.05, 3.63) is 64.7 Å². The van der Waals surface area contributed by atoms with Crippen LogP contribution in [0.2, 0.25) is 5.02 Å². The Bertz CT molecular complexity index is 792. The van der Waals surface area contributed by atoms with Crippen molar-refractivity contribution in [2.24, 2.45) is 0 Å². The molecule has 0 N–H and O–H groups in total. The van der Waals surface area contributed by atoms with Crippen molar-refractivity contribution in [1.29, 1.82) is 0 Å². The molecule has 2 aliphatic heterocycles.